The fraction of sp³-hybridized carbons (Fsp3) is 0.300. The van der Waals surface area contributed by atoms with E-state index >= 15 is 0 Å². The van der Waals surface area contributed by atoms with E-state index in [1.54, 1.807) is 42.2 Å². The summed E-state index contributed by atoms with van der Waals surface area (Å²) in [5.41, 5.74) is 3.99. The van der Waals surface area contributed by atoms with Crippen LogP contribution in [0.5, 0.6) is 0 Å². The molecule has 0 fully saturated rings. The van der Waals surface area contributed by atoms with Gasteiger partial charge in [-0.25, -0.2) is 9.97 Å². The number of amides is 1. The molecule has 4 rings (SSSR count). The molecule has 0 unspecified atom stereocenters. The number of aryl methyl sites for hydroxylation is 1. The van der Waals surface area contributed by atoms with Crippen molar-refractivity contribution in [3.05, 3.63) is 69.6 Å². The van der Waals surface area contributed by atoms with Crippen LogP contribution in [-0.2, 0) is 19.5 Å². The van der Waals surface area contributed by atoms with Crippen molar-refractivity contribution in [3.63, 3.8) is 0 Å². The monoisotopic (exact) mass is 379 g/mol. The molecule has 27 heavy (non-hydrogen) atoms. The van der Waals surface area contributed by atoms with Crippen LogP contribution in [0.4, 0.5) is 5.82 Å². The summed E-state index contributed by atoms with van der Waals surface area (Å²) in [5, 5.41) is 2.12. The van der Waals surface area contributed by atoms with Crippen molar-refractivity contribution in [3.8, 4) is 0 Å². The van der Waals surface area contributed by atoms with Gasteiger partial charge in [0.25, 0.3) is 5.91 Å². The Morgan fingerprint density at radius 1 is 1.33 bits per heavy atom. The molecule has 0 aliphatic carbocycles. The molecule has 4 heterocycles. The number of hydrogen-bond acceptors (Lipinski definition) is 6. The molecule has 0 saturated carbocycles. The van der Waals surface area contributed by atoms with Gasteiger partial charge in [-0.15, -0.1) is 11.3 Å². The maximum Gasteiger partial charge on any atom is 0.255 e. The largest absolute Gasteiger partial charge is 0.354 e. The highest BCUT2D eigenvalue weighted by Gasteiger charge is 2.26. The lowest BCUT2D eigenvalue weighted by Crippen LogP contribution is -2.37. The molecule has 3 aromatic rings. The van der Waals surface area contributed by atoms with E-state index in [-0.39, 0.29) is 5.91 Å². The predicted molar refractivity (Wildman–Crippen MR) is 106 cm³/mol. The number of aromatic nitrogens is 3. The Morgan fingerprint density at radius 3 is 2.96 bits per heavy atom. The third-order valence-electron chi connectivity index (χ3n) is 4.89. The number of carbonyl (C=O) groups is 1. The van der Waals surface area contributed by atoms with Crippen LogP contribution in [0.25, 0.3) is 0 Å². The van der Waals surface area contributed by atoms with Crippen molar-refractivity contribution in [2.75, 3.05) is 18.5 Å². The van der Waals surface area contributed by atoms with Gasteiger partial charge in [0.2, 0.25) is 0 Å². The molecule has 3 aromatic heterocycles. The zero-order valence-corrected chi connectivity index (χ0v) is 16.2. The van der Waals surface area contributed by atoms with Gasteiger partial charge in [-0.05, 0) is 42.5 Å². The lowest BCUT2D eigenvalue weighted by molar-refractivity contribution is 0.0731. The molecular formula is C20H21N5OS. The van der Waals surface area contributed by atoms with E-state index in [1.165, 1.54) is 10.4 Å². The summed E-state index contributed by atoms with van der Waals surface area (Å²) >= 11 is 1.77. The maximum absolute atomic E-state index is 12.7. The molecule has 1 aliphatic rings. The SMILES string of the molecule is Cc1ccsc1CN(C)c1ncnc2c1CCN(C(=O)c1cccnc1)C2. The molecule has 138 valence electrons. The standard InChI is InChI=1S/C20H21N5OS/c1-14-6-9-27-18(14)12-24(2)19-16-5-8-25(11-17(16)22-13-23-19)20(26)15-4-3-7-21-10-15/h3-4,6-7,9-10,13H,5,8,11-12H2,1-2H3. The minimum Gasteiger partial charge on any atom is -0.354 e. The Bertz CT molecular complexity index is 956. The number of fused-ring (bicyclic) bond motifs is 1. The van der Waals surface area contributed by atoms with Gasteiger partial charge in [0.05, 0.1) is 24.3 Å². The number of hydrogen-bond donors (Lipinski definition) is 0. The molecule has 1 amide bonds. The average Bonchev–Trinajstić information content (AvgIpc) is 3.11. The summed E-state index contributed by atoms with van der Waals surface area (Å²) in [7, 11) is 2.06. The Kier molecular flexibility index (Phi) is 4.85. The van der Waals surface area contributed by atoms with Crippen LogP contribution in [0, 0.1) is 6.92 Å². The third-order valence-corrected chi connectivity index (χ3v) is 5.90. The van der Waals surface area contributed by atoms with E-state index in [2.05, 4.69) is 45.3 Å². The lowest BCUT2D eigenvalue weighted by atomic mass is 10.0. The van der Waals surface area contributed by atoms with E-state index < -0.39 is 0 Å². The number of anilines is 1. The molecule has 1 aliphatic heterocycles. The van der Waals surface area contributed by atoms with Crippen molar-refractivity contribution in [2.45, 2.75) is 26.4 Å². The van der Waals surface area contributed by atoms with Crippen molar-refractivity contribution >= 4 is 23.1 Å². The van der Waals surface area contributed by atoms with E-state index in [0.717, 1.165) is 30.0 Å². The van der Waals surface area contributed by atoms with Crippen LogP contribution in [-0.4, -0.2) is 39.4 Å². The molecule has 0 aromatic carbocycles. The summed E-state index contributed by atoms with van der Waals surface area (Å²) in [6, 6.07) is 5.73. The van der Waals surface area contributed by atoms with Gasteiger partial charge in [0.15, 0.2) is 0 Å². The summed E-state index contributed by atoms with van der Waals surface area (Å²) in [4.78, 5) is 31.1. The predicted octanol–water partition coefficient (Wildman–Crippen LogP) is 3.08. The first kappa shape index (κ1) is 17.6. The molecule has 0 N–H and O–H groups in total. The third kappa shape index (κ3) is 3.55. The second kappa shape index (κ2) is 7.44. The normalized spacial score (nSPS) is 13.3. The van der Waals surface area contributed by atoms with Gasteiger partial charge in [0, 0.05) is 36.4 Å². The van der Waals surface area contributed by atoms with Crippen LogP contribution < -0.4 is 4.90 Å². The Balaban J connectivity index is 1.55. The van der Waals surface area contributed by atoms with Gasteiger partial charge in [-0.2, -0.15) is 0 Å². The first-order valence-electron chi connectivity index (χ1n) is 8.89. The van der Waals surface area contributed by atoms with Crippen molar-refractivity contribution < 1.29 is 4.79 Å². The van der Waals surface area contributed by atoms with E-state index in [9.17, 15) is 4.79 Å². The molecule has 0 bridgehead atoms. The van der Waals surface area contributed by atoms with Crippen LogP contribution in [0.1, 0.15) is 32.1 Å². The molecule has 0 saturated heterocycles. The topological polar surface area (TPSA) is 62.2 Å². The van der Waals surface area contributed by atoms with Crippen molar-refractivity contribution in [2.24, 2.45) is 0 Å². The number of carbonyl (C=O) groups excluding carboxylic acids is 1. The molecule has 0 atom stereocenters. The summed E-state index contributed by atoms with van der Waals surface area (Å²) in [6.07, 6.45) is 5.64. The summed E-state index contributed by atoms with van der Waals surface area (Å²) < 4.78 is 0. The second-order valence-corrected chi connectivity index (χ2v) is 7.72. The Labute approximate surface area is 162 Å². The first-order chi connectivity index (χ1) is 13.1. The quantitative estimate of drug-likeness (QED) is 0.697. The molecule has 0 spiro atoms. The van der Waals surface area contributed by atoms with Crippen LogP contribution in [0.15, 0.2) is 42.3 Å². The number of thiophene rings is 1. The van der Waals surface area contributed by atoms with E-state index in [4.69, 9.17) is 0 Å². The minimum absolute atomic E-state index is 0.00326. The zero-order valence-electron chi connectivity index (χ0n) is 15.4. The summed E-state index contributed by atoms with van der Waals surface area (Å²) in [5.74, 6) is 0.956. The molecule has 6 nitrogen and oxygen atoms in total. The zero-order chi connectivity index (χ0) is 18.8. The van der Waals surface area contributed by atoms with Gasteiger partial charge in [-0.3, -0.25) is 9.78 Å². The average molecular weight is 379 g/mol. The smallest absolute Gasteiger partial charge is 0.255 e. The summed E-state index contributed by atoms with van der Waals surface area (Å²) in [6.45, 7) is 4.12. The van der Waals surface area contributed by atoms with Gasteiger partial charge >= 0.3 is 0 Å². The van der Waals surface area contributed by atoms with Gasteiger partial charge in [-0.1, -0.05) is 0 Å². The first-order valence-corrected chi connectivity index (χ1v) is 9.77. The van der Waals surface area contributed by atoms with Crippen LogP contribution in [0.2, 0.25) is 0 Å². The Morgan fingerprint density at radius 2 is 2.22 bits per heavy atom. The molecule has 7 heteroatoms. The highest BCUT2D eigenvalue weighted by Crippen LogP contribution is 2.27. The molecular weight excluding hydrogens is 358 g/mol. The van der Waals surface area contributed by atoms with Crippen LogP contribution >= 0.6 is 11.3 Å². The highest BCUT2D eigenvalue weighted by molar-refractivity contribution is 7.10. The second-order valence-electron chi connectivity index (χ2n) is 6.72. The fourth-order valence-corrected chi connectivity index (χ4v) is 4.33. The highest BCUT2D eigenvalue weighted by atomic mass is 32.1. The van der Waals surface area contributed by atoms with E-state index in [1.807, 2.05) is 4.90 Å². The maximum atomic E-state index is 12.7. The number of rotatable bonds is 4. The van der Waals surface area contributed by atoms with Gasteiger partial charge in [0.1, 0.15) is 12.1 Å². The minimum atomic E-state index is -0.00326. The fourth-order valence-electron chi connectivity index (χ4n) is 3.37. The molecule has 0 radical (unpaired) electrons. The van der Waals surface area contributed by atoms with Crippen LogP contribution in [0.3, 0.4) is 0 Å². The lowest BCUT2D eigenvalue weighted by Gasteiger charge is -2.30. The number of pyridine rings is 1. The van der Waals surface area contributed by atoms with Crippen molar-refractivity contribution in [1.29, 1.82) is 0 Å². The van der Waals surface area contributed by atoms with Gasteiger partial charge < -0.3 is 9.80 Å². The Hall–Kier alpha value is -2.80. The number of nitrogens with zero attached hydrogens (tertiary/aromatic N) is 5. The van der Waals surface area contributed by atoms with Crippen molar-refractivity contribution in [1.82, 2.24) is 19.9 Å². The van der Waals surface area contributed by atoms with E-state index in [0.29, 0.717) is 18.7 Å².